The average molecular weight is 284 g/mol. The molecular weight excluding hydrogens is 248 g/mol. The van der Waals surface area contributed by atoms with Gasteiger partial charge in [0.05, 0.1) is 12.2 Å². The normalized spacial score (nSPS) is 27.0. The molecule has 1 rings (SSSR count). The molecule has 2 nitrogen and oxygen atoms in total. The molecule has 20 heavy (non-hydrogen) atoms. The molecular formula is C18H36O2. The largest absolute Gasteiger partial charge is 0.378 e. The van der Waals surface area contributed by atoms with Gasteiger partial charge in [0.25, 0.3) is 0 Å². The Morgan fingerprint density at radius 2 is 0.950 bits per heavy atom. The van der Waals surface area contributed by atoms with Gasteiger partial charge in [0.1, 0.15) is 0 Å². The van der Waals surface area contributed by atoms with E-state index in [2.05, 4.69) is 41.5 Å². The third kappa shape index (κ3) is 6.58. The van der Waals surface area contributed by atoms with E-state index in [-0.39, 0.29) is 0 Å². The van der Waals surface area contributed by atoms with Crippen molar-refractivity contribution in [3.8, 4) is 0 Å². The summed E-state index contributed by atoms with van der Waals surface area (Å²) in [6.45, 7) is 15.5. The summed E-state index contributed by atoms with van der Waals surface area (Å²) in [6, 6.07) is 0. The van der Waals surface area contributed by atoms with Gasteiger partial charge >= 0.3 is 0 Å². The van der Waals surface area contributed by atoms with Crippen molar-refractivity contribution in [2.45, 2.75) is 79.4 Å². The number of hydrogen-bond acceptors (Lipinski definition) is 2. The smallest absolute Gasteiger partial charge is 0.0577 e. The van der Waals surface area contributed by atoms with E-state index >= 15 is 0 Å². The molecule has 0 N–H and O–H groups in total. The minimum Gasteiger partial charge on any atom is -0.378 e. The van der Waals surface area contributed by atoms with E-state index in [4.69, 9.17) is 9.47 Å². The summed E-state index contributed by atoms with van der Waals surface area (Å²) in [6.07, 6.45) is 5.63. The second kappa shape index (κ2) is 9.04. The fraction of sp³-hybridized carbons (Fsp3) is 1.00. The summed E-state index contributed by atoms with van der Waals surface area (Å²) in [5, 5.41) is 0. The lowest BCUT2D eigenvalue weighted by molar-refractivity contribution is -0.0502. The van der Waals surface area contributed by atoms with Crippen LogP contribution in [-0.2, 0) is 9.47 Å². The summed E-state index contributed by atoms with van der Waals surface area (Å²) in [5.74, 6) is 2.76. The molecule has 0 aliphatic heterocycles. The zero-order valence-electron chi connectivity index (χ0n) is 14.5. The van der Waals surface area contributed by atoms with Gasteiger partial charge in [0, 0.05) is 13.2 Å². The number of hydrogen-bond donors (Lipinski definition) is 0. The predicted molar refractivity (Wildman–Crippen MR) is 86.0 cm³/mol. The Bertz CT molecular complexity index is 216. The Kier molecular flexibility index (Phi) is 8.13. The van der Waals surface area contributed by atoms with Gasteiger partial charge in [-0.25, -0.2) is 0 Å². The Morgan fingerprint density at radius 3 is 1.20 bits per heavy atom. The average Bonchev–Trinajstić information content (AvgIpc) is 2.42. The first-order valence-electron chi connectivity index (χ1n) is 8.63. The zero-order chi connectivity index (χ0) is 15.1. The van der Waals surface area contributed by atoms with Gasteiger partial charge in [-0.3, -0.25) is 0 Å². The van der Waals surface area contributed by atoms with Crippen LogP contribution in [0.1, 0.15) is 67.2 Å². The van der Waals surface area contributed by atoms with Crippen LogP contribution in [0.2, 0.25) is 0 Å². The third-order valence-electron chi connectivity index (χ3n) is 5.09. The number of rotatable bonds is 8. The summed E-state index contributed by atoms with van der Waals surface area (Å²) in [5.41, 5.74) is 0. The van der Waals surface area contributed by atoms with Crippen molar-refractivity contribution in [1.29, 1.82) is 0 Å². The molecule has 1 saturated carbocycles. The van der Waals surface area contributed by atoms with E-state index in [1.165, 1.54) is 25.7 Å². The summed E-state index contributed by atoms with van der Waals surface area (Å²) in [7, 11) is 0. The quantitative estimate of drug-likeness (QED) is 0.630. The molecule has 2 heteroatoms. The molecule has 0 spiro atoms. The van der Waals surface area contributed by atoms with Crippen molar-refractivity contribution in [1.82, 2.24) is 0 Å². The lowest BCUT2D eigenvalue weighted by Gasteiger charge is -2.31. The van der Waals surface area contributed by atoms with Gasteiger partial charge in [-0.15, -0.1) is 0 Å². The van der Waals surface area contributed by atoms with Gasteiger partial charge in [0.15, 0.2) is 0 Å². The minimum absolute atomic E-state index is 0.471. The Labute approximate surface area is 126 Å². The first-order valence-corrected chi connectivity index (χ1v) is 8.63. The van der Waals surface area contributed by atoms with Crippen LogP contribution in [0.25, 0.3) is 0 Å². The standard InChI is InChI=1S/C18H36O2/c1-13(2)15(5)11-19-17-7-9-18(10-8-17)20-12-16(6)14(3)4/h13-18H,7-12H2,1-6H3. The fourth-order valence-corrected chi connectivity index (χ4v) is 2.33. The molecule has 1 fully saturated rings. The van der Waals surface area contributed by atoms with Gasteiger partial charge < -0.3 is 9.47 Å². The highest BCUT2D eigenvalue weighted by molar-refractivity contribution is 4.74. The van der Waals surface area contributed by atoms with Crippen molar-refractivity contribution in [2.24, 2.45) is 23.7 Å². The molecule has 1 aliphatic rings. The van der Waals surface area contributed by atoms with Crippen molar-refractivity contribution in [3.05, 3.63) is 0 Å². The maximum atomic E-state index is 6.06. The first kappa shape index (κ1) is 18.0. The molecule has 2 atom stereocenters. The van der Waals surface area contributed by atoms with E-state index in [1.807, 2.05) is 0 Å². The van der Waals surface area contributed by atoms with Crippen molar-refractivity contribution >= 4 is 0 Å². The summed E-state index contributed by atoms with van der Waals surface area (Å²) < 4.78 is 12.1. The second-order valence-electron chi connectivity index (χ2n) is 7.51. The van der Waals surface area contributed by atoms with Crippen LogP contribution in [0, 0.1) is 23.7 Å². The van der Waals surface area contributed by atoms with Crippen molar-refractivity contribution in [2.75, 3.05) is 13.2 Å². The van der Waals surface area contributed by atoms with E-state index < -0.39 is 0 Å². The maximum Gasteiger partial charge on any atom is 0.0577 e. The lowest BCUT2D eigenvalue weighted by Crippen LogP contribution is -2.29. The summed E-state index contributed by atoms with van der Waals surface area (Å²) >= 11 is 0. The molecule has 0 amide bonds. The Morgan fingerprint density at radius 1 is 0.650 bits per heavy atom. The van der Waals surface area contributed by atoms with Crippen LogP contribution >= 0.6 is 0 Å². The third-order valence-corrected chi connectivity index (χ3v) is 5.09. The molecule has 0 aromatic rings. The molecule has 120 valence electrons. The minimum atomic E-state index is 0.471. The van der Waals surface area contributed by atoms with E-state index in [0.29, 0.717) is 35.9 Å². The van der Waals surface area contributed by atoms with Crippen LogP contribution in [-0.4, -0.2) is 25.4 Å². The first-order chi connectivity index (χ1) is 9.40. The highest BCUT2D eigenvalue weighted by Crippen LogP contribution is 2.25. The van der Waals surface area contributed by atoms with Gasteiger partial charge in [-0.1, -0.05) is 41.5 Å². The predicted octanol–water partition coefficient (Wildman–Crippen LogP) is 4.92. The molecule has 0 heterocycles. The van der Waals surface area contributed by atoms with E-state index in [9.17, 15) is 0 Å². The Hall–Kier alpha value is -0.0800. The monoisotopic (exact) mass is 284 g/mol. The van der Waals surface area contributed by atoms with Gasteiger partial charge in [-0.2, -0.15) is 0 Å². The zero-order valence-corrected chi connectivity index (χ0v) is 14.5. The molecule has 2 unspecified atom stereocenters. The van der Waals surface area contributed by atoms with Gasteiger partial charge in [-0.05, 0) is 49.4 Å². The van der Waals surface area contributed by atoms with Gasteiger partial charge in [0.2, 0.25) is 0 Å². The molecule has 0 bridgehead atoms. The van der Waals surface area contributed by atoms with Crippen LogP contribution < -0.4 is 0 Å². The van der Waals surface area contributed by atoms with Crippen LogP contribution in [0.15, 0.2) is 0 Å². The maximum absolute atomic E-state index is 6.06. The number of ether oxygens (including phenoxy) is 2. The summed E-state index contributed by atoms with van der Waals surface area (Å²) in [4.78, 5) is 0. The van der Waals surface area contributed by atoms with Crippen molar-refractivity contribution in [3.63, 3.8) is 0 Å². The van der Waals surface area contributed by atoms with Crippen molar-refractivity contribution < 1.29 is 9.47 Å². The fourth-order valence-electron chi connectivity index (χ4n) is 2.33. The lowest BCUT2D eigenvalue weighted by atomic mass is 9.93. The molecule has 1 aliphatic carbocycles. The van der Waals surface area contributed by atoms with E-state index in [0.717, 1.165) is 13.2 Å². The molecule has 0 radical (unpaired) electrons. The molecule has 0 saturated heterocycles. The van der Waals surface area contributed by atoms with Crippen LogP contribution in [0.3, 0.4) is 0 Å². The molecule has 0 aromatic heterocycles. The molecule has 0 aromatic carbocycles. The highest BCUT2D eigenvalue weighted by Gasteiger charge is 2.23. The van der Waals surface area contributed by atoms with Crippen LogP contribution in [0.5, 0.6) is 0 Å². The van der Waals surface area contributed by atoms with E-state index in [1.54, 1.807) is 0 Å². The highest BCUT2D eigenvalue weighted by atomic mass is 16.5. The Balaban J connectivity index is 2.14. The second-order valence-corrected chi connectivity index (χ2v) is 7.51. The SMILES string of the molecule is CC(C)C(C)COC1CCC(OCC(C)C(C)C)CC1. The topological polar surface area (TPSA) is 18.5 Å². The van der Waals surface area contributed by atoms with Crippen LogP contribution in [0.4, 0.5) is 0 Å².